The number of nitrogens with zero attached hydrogens (tertiary/aromatic N) is 1. The molecule has 0 heterocycles. The van der Waals surface area contributed by atoms with Gasteiger partial charge in [0.15, 0.2) is 0 Å². The number of hydrogen-bond acceptors (Lipinski definition) is 2. The van der Waals surface area contributed by atoms with E-state index in [1.165, 1.54) is 37.7 Å². The van der Waals surface area contributed by atoms with Crippen LogP contribution in [0.5, 0.6) is 0 Å². The van der Waals surface area contributed by atoms with E-state index in [-0.39, 0.29) is 0 Å². The summed E-state index contributed by atoms with van der Waals surface area (Å²) in [5.41, 5.74) is 7.90. The zero-order valence-electron chi connectivity index (χ0n) is 10.2. The summed E-state index contributed by atoms with van der Waals surface area (Å²) in [4.78, 5) is 2.49. The standard InChI is InChI=1S/C14H22N2/c1-16(14-5-3-2-4-6-14)11-12-7-9-13(15)10-8-12/h7-10,14H,2-6,11,15H2,1H3. The summed E-state index contributed by atoms with van der Waals surface area (Å²) >= 11 is 0. The number of anilines is 1. The van der Waals surface area contributed by atoms with Crippen LogP contribution in [-0.2, 0) is 6.54 Å². The van der Waals surface area contributed by atoms with Gasteiger partial charge in [-0.15, -0.1) is 0 Å². The molecule has 1 aromatic carbocycles. The third-order valence-corrected chi connectivity index (χ3v) is 3.61. The average Bonchev–Trinajstić information content (AvgIpc) is 2.33. The Hall–Kier alpha value is -1.02. The smallest absolute Gasteiger partial charge is 0.0314 e. The zero-order valence-corrected chi connectivity index (χ0v) is 10.2. The molecule has 16 heavy (non-hydrogen) atoms. The Kier molecular flexibility index (Phi) is 3.83. The van der Waals surface area contributed by atoms with E-state index in [0.29, 0.717) is 0 Å². The van der Waals surface area contributed by atoms with Crippen LogP contribution in [0.2, 0.25) is 0 Å². The molecule has 2 N–H and O–H groups in total. The van der Waals surface area contributed by atoms with Crippen molar-refractivity contribution < 1.29 is 0 Å². The Morgan fingerprint density at radius 2 is 1.75 bits per heavy atom. The predicted molar refractivity (Wildman–Crippen MR) is 69.2 cm³/mol. The molecule has 0 amide bonds. The van der Waals surface area contributed by atoms with Crippen molar-refractivity contribution in [1.29, 1.82) is 0 Å². The van der Waals surface area contributed by atoms with E-state index in [2.05, 4.69) is 24.1 Å². The molecule has 1 aromatic rings. The van der Waals surface area contributed by atoms with Gasteiger partial charge in [-0.05, 0) is 37.6 Å². The number of nitrogens with two attached hydrogens (primary N) is 1. The van der Waals surface area contributed by atoms with Gasteiger partial charge < -0.3 is 5.73 Å². The van der Waals surface area contributed by atoms with Crippen LogP contribution in [0.25, 0.3) is 0 Å². The van der Waals surface area contributed by atoms with Crippen LogP contribution in [-0.4, -0.2) is 18.0 Å². The highest BCUT2D eigenvalue weighted by molar-refractivity contribution is 5.39. The van der Waals surface area contributed by atoms with Crippen molar-refractivity contribution in [2.24, 2.45) is 0 Å². The summed E-state index contributed by atoms with van der Waals surface area (Å²) in [7, 11) is 2.24. The second kappa shape index (κ2) is 5.35. The maximum absolute atomic E-state index is 5.69. The lowest BCUT2D eigenvalue weighted by atomic mass is 9.94. The third-order valence-electron chi connectivity index (χ3n) is 3.61. The monoisotopic (exact) mass is 218 g/mol. The van der Waals surface area contributed by atoms with E-state index in [1.54, 1.807) is 0 Å². The summed E-state index contributed by atoms with van der Waals surface area (Å²) in [6, 6.07) is 9.03. The second-order valence-corrected chi connectivity index (χ2v) is 4.95. The van der Waals surface area contributed by atoms with Gasteiger partial charge in [0.05, 0.1) is 0 Å². The van der Waals surface area contributed by atoms with Crippen molar-refractivity contribution >= 4 is 5.69 Å². The molecule has 1 aliphatic rings. The van der Waals surface area contributed by atoms with Gasteiger partial charge in [0.2, 0.25) is 0 Å². The van der Waals surface area contributed by atoms with Crippen molar-refractivity contribution in [3.8, 4) is 0 Å². The highest BCUT2D eigenvalue weighted by Gasteiger charge is 2.17. The molecule has 2 rings (SSSR count). The van der Waals surface area contributed by atoms with Crippen LogP contribution in [0.15, 0.2) is 24.3 Å². The van der Waals surface area contributed by atoms with Crippen LogP contribution >= 0.6 is 0 Å². The van der Waals surface area contributed by atoms with Crippen LogP contribution in [0.4, 0.5) is 5.69 Å². The van der Waals surface area contributed by atoms with Crippen LogP contribution in [0.3, 0.4) is 0 Å². The van der Waals surface area contributed by atoms with E-state index >= 15 is 0 Å². The van der Waals surface area contributed by atoms with E-state index in [4.69, 9.17) is 5.73 Å². The van der Waals surface area contributed by atoms with Gasteiger partial charge in [-0.2, -0.15) is 0 Å². The molecule has 0 spiro atoms. The van der Waals surface area contributed by atoms with Crippen molar-refractivity contribution in [2.45, 2.75) is 44.7 Å². The molecule has 0 radical (unpaired) electrons. The second-order valence-electron chi connectivity index (χ2n) is 4.95. The number of rotatable bonds is 3. The van der Waals surface area contributed by atoms with Crippen LogP contribution < -0.4 is 5.73 Å². The van der Waals surface area contributed by atoms with Gasteiger partial charge in [-0.25, -0.2) is 0 Å². The Labute approximate surface area is 98.4 Å². The van der Waals surface area contributed by atoms with Crippen molar-refractivity contribution in [2.75, 3.05) is 12.8 Å². The van der Waals surface area contributed by atoms with Gasteiger partial charge in [-0.3, -0.25) is 4.90 Å². The van der Waals surface area contributed by atoms with Crippen molar-refractivity contribution in [3.05, 3.63) is 29.8 Å². The zero-order chi connectivity index (χ0) is 11.4. The molecule has 88 valence electrons. The van der Waals surface area contributed by atoms with Gasteiger partial charge >= 0.3 is 0 Å². The van der Waals surface area contributed by atoms with Gasteiger partial charge in [-0.1, -0.05) is 31.4 Å². The number of hydrogen-bond donors (Lipinski definition) is 1. The van der Waals surface area contributed by atoms with E-state index in [1.807, 2.05) is 12.1 Å². The molecule has 0 unspecified atom stereocenters. The Morgan fingerprint density at radius 3 is 2.38 bits per heavy atom. The Morgan fingerprint density at radius 1 is 1.12 bits per heavy atom. The minimum absolute atomic E-state index is 0.784. The fourth-order valence-electron chi connectivity index (χ4n) is 2.56. The molecule has 0 aromatic heterocycles. The quantitative estimate of drug-likeness (QED) is 0.790. The van der Waals surface area contributed by atoms with Gasteiger partial charge in [0.1, 0.15) is 0 Å². The molecule has 0 aliphatic heterocycles. The molecule has 2 heteroatoms. The Bertz CT molecular complexity index is 312. The summed E-state index contributed by atoms with van der Waals surface area (Å²) in [5.74, 6) is 0. The third kappa shape index (κ3) is 2.99. The molecule has 1 saturated carbocycles. The molecule has 2 nitrogen and oxygen atoms in total. The first-order chi connectivity index (χ1) is 7.75. The highest BCUT2D eigenvalue weighted by atomic mass is 15.1. The summed E-state index contributed by atoms with van der Waals surface area (Å²) in [6.07, 6.45) is 6.96. The summed E-state index contributed by atoms with van der Waals surface area (Å²) in [5, 5.41) is 0. The summed E-state index contributed by atoms with van der Waals surface area (Å²) in [6.45, 7) is 1.05. The molecule has 1 fully saturated rings. The minimum Gasteiger partial charge on any atom is -0.399 e. The molecule has 0 saturated heterocycles. The lowest BCUT2D eigenvalue weighted by Crippen LogP contribution is -2.32. The number of benzene rings is 1. The highest BCUT2D eigenvalue weighted by Crippen LogP contribution is 2.22. The first-order valence-electron chi connectivity index (χ1n) is 6.30. The predicted octanol–water partition coefficient (Wildman–Crippen LogP) is 3.03. The average molecular weight is 218 g/mol. The largest absolute Gasteiger partial charge is 0.399 e. The summed E-state index contributed by atoms with van der Waals surface area (Å²) < 4.78 is 0. The lowest BCUT2D eigenvalue weighted by molar-refractivity contribution is 0.184. The molecule has 0 atom stereocenters. The van der Waals surface area contributed by atoms with Crippen molar-refractivity contribution in [3.63, 3.8) is 0 Å². The Balaban J connectivity index is 1.90. The SMILES string of the molecule is CN(Cc1ccc(N)cc1)C1CCCCC1. The van der Waals surface area contributed by atoms with E-state index in [0.717, 1.165) is 18.3 Å². The van der Waals surface area contributed by atoms with Gasteiger partial charge in [0.25, 0.3) is 0 Å². The maximum atomic E-state index is 5.69. The maximum Gasteiger partial charge on any atom is 0.0314 e. The molecule has 1 aliphatic carbocycles. The topological polar surface area (TPSA) is 29.3 Å². The van der Waals surface area contributed by atoms with Crippen LogP contribution in [0, 0.1) is 0 Å². The fourth-order valence-corrected chi connectivity index (χ4v) is 2.56. The van der Waals surface area contributed by atoms with Crippen molar-refractivity contribution in [1.82, 2.24) is 4.90 Å². The normalized spacial score (nSPS) is 17.9. The van der Waals surface area contributed by atoms with E-state index in [9.17, 15) is 0 Å². The first-order valence-corrected chi connectivity index (χ1v) is 6.30. The number of nitrogen functional groups attached to an aromatic ring is 1. The molecular formula is C14H22N2. The minimum atomic E-state index is 0.784. The van der Waals surface area contributed by atoms with Crippen LogP contribution in [0.1, 0.15) is 37.7 Å². The van der Waals surface area contributed by atoms with Gasteiger partial charge in [0, 0.05) is 18.3 Å². The molecule has 0 bridgehead atoms. The first kappa shape index (κ1) is 11.5. The van der Waals surface area contributed by atoms with E-state index < -0.39 is 0 Å². The fraction of sp³-hybridized carbons (Fsp3) is 0.571. The lowest BCUT2D eigenvalue weighted by Gasteiger charge is -2.31. The molecular weight excluding hydrogens is 196 g/mol.